The Kier molecular flexibility index (Phi) is 7.38. The fourth-order valence-corrected chi connectivity index (χ4v) is 4.59. The minimum Gasteiger partial charge on any atom is -0.618 e. The molecule has 1 saturated carbocycles. The zero-order valence-corrected chi connectivity index (χ0v) is 21.6. The Morgan fingerprint density at radius 2 is 1.90 bits per heavy atom. The zero-order chi connectivity index (χ0) is 27.7. The molecule has 2 aromatic heterocycles. The summed E-state index contributed by atoms with van der Waals surface area (Å²) in [5.41, 5.74) is 2.23. The number of carbonyl (C=O) groups excluding carboxylic acids is 2. The molecule has 8 nitrogen and oxygen atoms in total. The fraction of sp³-hybridized carbons (Fsp3) is 0.250. The van der Waals surface area contributed by atoms with E-state index in [1.165, 1.54) is 17.8 Å². The number of amides is 1. The van der Waals surface area contributed by atoms with Crippen LogP contribution in [0, 0.1) is 11.1 Å². The lowest BCUT2D eigenvalue weighted by molar-refractivity contribution is -0.614. The molecule has 0 spiro atoms. The molecule has 11 heteroatoms. The van der Waals surface area contributed by atoms with Gasteiger partial charge < -0.3 is 10.5 Å². The molecule has 0 aliphatic heterocycles. The molecule has 200 valence electrons. The van der Waals surface area contributed by atoms with Gasteiger partial charge in [0.25, 0.3) is 6.43 Å². The van der Waals surface area contributed by atoms with Crippen LogP contribution >= 0.6 is 11.6 Å². The second-order valence-corrected chi connectivity index (χ2v) is 10.0. The first-order valence-corrected chi connectivity index (χ1v) is 12.7. The van der Waals surface area contributed by atoms with E-state index >= 15 is 0 Å². The van der Waals surface area contributed by atoms with Gasteiger partial charge in [0, 0.05) is 33.5 Å². The second kappa shape index (κ2) is 10.9. The van der Waals surface area contributed by atoms with Crippen LogP contribution in [-0.2, 0) is 4.79 Å². The van der Waals surface area contributed by atoms with Crippen molar-refractivity contribution in [2.24, 2.45) is 5.92 Å². The maximum absolute atomic E-state index is 13.3. The van der Waals surface area contributed by atoms with Gasteiger partial charge in [-0.15, -0.1) is 5.10 Å². The summed E-state index contributed by atoms with van der Waals surface area (Å²) in [5, 5.41) is 23.8. The maximum Gasteiger partial charge on any atom is 0.283 e. The number of aromatic nitrogens is 4. The molecule has 39 heavy (non-hydrogen) atoms. The van der Waals surface area contributed by atoms with Crippen LogP contribution in [0.15, 0.2) is 67.0 Å². The molecule has 4 aromatic rings. The van der Waals surface area contributed by atoms with Gasteiger partial charge in [0.15, 0.2) is 12.0 Å². The van der Waals surface area contributed by atoms with Gasteiger partial charge in [0.1, 0.15) is 11.6 Å². The highest BCUT2D eigenvalue weighted by Gasteiger charge is 2.35. The summed E-state index contributed by atoms with van der Waals surface area (Å²) in [6.07, 6.45) is 2.20. The fourth-order valence-electron chi connectivity index (χ4n) is 4.42. The van der Waals surface area contributed by atoms with Crippen LogP contribution in [0.25, 0.3) is 16.8 Å². The smallest absolute Gasteiger partial charge is 0.283 e. The quantitative estimate of drug-likeness (QED) is 0.159. The number of carbonyl (C=O) groups is 2. The van der Waals surface area contributed by atoms with E-state index in [-0.39, 0.29) is 17.4 Å². The molecule has 1 aliphatic carbocycles. The lowest BCUT2D eigenvalue weighted by Crippen LogP contribution is -2.37. The average Bonchev–Trinajstić information content (AvgIpc) is 3.59. The van der Waals surface area contributed by atoms with Crippen LogP contribution in [-0.4, -0.2) is 26.7 Å². The first kappa shape index (κ1) is 26.4. The third-order valence-corrected chi connectivity index (χ3v) is 6.93. The lowest BCUT2D eigenvalue weighted by atomic mass is 9.95. The summed E-state index contributed by atoms with van der Waals surface area (Å²) >= 11 is 6.22. The number of anilines is 1. The number of halogens is 3. The van der Waals surface area contributed by atoms with Crippen molar-refractivity contribution in [3.05, 3.63) is 94.2 Å². The molecule has 2 heterocycles. The number of hydrogen-bond acceptors (Lipinski definition) is 5. The van der Waals surface area contributed by atoms with Crippen molar-refractivity contribution in [2.75, 3.05) is 5.32 Å². The molecular formula is C28H24ClF2N5O3. The molecule has 1 amide bonds. The molecule has 1 atom stereocenters. The summed E-state index contributed by atoms with van der Waals surface area (Å²) in [7, 11) is 0. The summed E-state index contributed by atoms with van der Waals surface area (Å²) in [6, 6.07) is 14.7. The van der Waals surface area contributed by atoms with E-state index in [0.29, 0.717) is 50.2 Å². The van der Waals surface area contributed by atoms with Crippen molar-refractivity contribution < 1.29 is 23.1 Å². The molecule has 1 fully saturated rings. The Morgan fingerprint density at radius 3 is 2.51 bits per heavy atom. The van der Waals surface area contributed by atoms with Gasteiger partial charge in [-0.3, -0.25) is 9.59 Å². The predicted octanol–water partition coefficient (Wildman–Crippen LogP) is 5.88. The third-order valence-electron chi connectivity index (χ3n) is 6.69. The van der Waals surface area contributed by atoms with Crippen molar-refractivity contribution >= 4 is 29.0 Å². The van der Waals surface area contributed by atoms with Gasteiger partial charge in [-0.05, 0) is 67.8 Å². The van der Waals surface area contributed by atoms with Gasteiger partial charge in [-0.2, -0.15) is 4.73 Å². The Labute approximate surface area is 227 Å². The van der Waals surface area contributed by atoms with Gasteiger partial charge >= 0.3 is 0 Å². The van der Waals surface area contributed by atoms with E-state index in [1.54, 1.807) is 54.6 Å². The Balaban J connectivity index is 1.45. The van der Waals surface area contributed by atoms with Crippen LogP contribution in [0.1, 0.15) is 60.3 Å². The highest BCUT2D eigenvalue weighted by molar-refractivity contribution is 6.31. The van der Waals surface area contributed by atoms with Crippen molar-refractivity contribution in [2.45, 2.75) is 38.5 Å². The van der Waals surface area contributed by atoms with E-state index in [9.17, 15) is 23.6 Å². The van der Waals surface area contributed by atoms with Gasteiger partial charge in [0.2, 0.25) is 11.6 Å². The third kappa shape index (κ3) is 5.96. The molecular weight excluding hydrogens is 528 g/mol. The number of Topliss-reactive ketones (excluding diaryl/α,β-unsaturated/α-hetero) is 1. The van der Waals surface area contributed by atoms with E-state index in [1.807, 2.05) is 0 Å². The summed E-state index contributed by atoms with van der Waals surface area (Å²) in [4.78, 5) is 24.9. The van der Waals surface area contributed by atoms with Crippen LogP contribution in [0.2, 0.25) is 5.02 Å². The monoisotopic (exact) mass is 551 g/mol. The number of nitrogens with zero attached hydrogens (tertiary/aromatic N) is 4. The molecule has 0 saturated heterocycles. The second-order valence-electron chi connectivity index (χ2n) is 9.57. The van der Waals surface area contributed by atoms with Crippen molar-refractivity contribution in [3.63, 3.8) is 0 Å². The molecule has 1 unspecified atom stereocenters. The summed E-state index contributed by atoms with van der Waals surface area (Å²) in [5.74, 6) is -0.732. The highest BCUT2D eigenvalue weighted by Crippen LogP contribution is 2.39. The van der Waals surface area contributed by atoms with Gasteiger partial charge in [-0.1, -0.05) is 29.7 Å². The number of nitrogens with one attached hydrogen (secondary N) is 1. The molecule has 2 aromatic carbocycles. The number of hydrogen-bond donors (Lipinski definition) is 1. The summed E-state index contributed by atoms with van der Waals surface area (Å²) < 4.78 is 28.0. The Hall–Kier alpha value is -4.18. The highest BCUT2D eigenvalue weighted by atomic mass is 35.5. The topological polar surface area (TPSA) is 104 Å². The molecule has 5 rings (SSSR count). The van der Waals surface area contributed by atoms with Gasteiger partial charge in [0.05, 0.1) is 11.9 Å². The SMILES string of the molecule is CC(=O)c1ccc(NC(=O)C(CC2CC2)c2ccc(-c3cc(Cl)ccc3-n3cc(C(F)F)nn3)c[n+]2[O-])cc1. The number of rotatable bonds is 9. The molecule has 1 N–H and O–H groups in total. The molecule has 0 radical (unpaired) electrons. The Morgan fingerprint density at radius 1 is 1.15 bits per heavy atom. The van der Waals surface area contributed by atoms with Crippen LogP contribution in [0.4, 0.5) is 14.5 Å². The number of benzene rings is 2. The minimum absolute atomic E-state index is 0.0758. The molecule has 1 aliphatic rings. The minimum atomic E-state index is -2.78. The number of pyridine rings is 1. The van der Waals surface area contributed by atoms with Crippen LogP contribution in [0.5, 0.6) is 0 Å². The first-order valence-electron chi connectivity index (χ1n) is 12.3. The first-order chi connectivity index (χ1) is 18.7. The normalized spacial score (nSPS) is 13.9. The largest absolute Gasteiger partial charge is 0.618 e. The maximum atomic E-state index is 13.3. The van der Waals surface area contributed by atoms with Crippen molar-refractivity contribution in [1.29, 1.82) is 0 Å². The van der Waals surface area contributed by atoms with E-state index in [0.717, 1.165) is 19.0 Å². The van der Waals surface area contributed by atoms with E-state index in [2.05, 4.69) is 15.6 Å². The molecule has 0 bridgehead atoms. The van der Waals surface area contributed by atoms with Crippen molar-refractivity contribution in [3.8, 4) is 16.8 Å². The number of alkyl halides is 2. The average molecular weight is 552 g/mol. The van der Waals surface area contributed by atoms with Crippen molar-refractivity contribution in [1.82, 2.24) is 15.0 Å². The van der Waals surface area contributed by atoms with Gasteiger partial charge in [-0.25, -0.2) is 13.5 Å². The number of ketones is 1. The predicted molar refractivity (Wildman–Crippen MR) is 141 cm³/mol. The standard InChI is InChI=1S/C28H24ClF2N5O3/c1-16(37)18-4-8-21(9-5-18)32-28(38)23(12-17-2-3-17)26-10-6-19(14-36(26)39)22-13-20(29)7-11-25(22)35-15-24(27(30)31)33-34-35/h4-11,13-15,17,23,27H,2-3,12H2,1H3,(H,32,38). The van der Waals surface area contributed by atoms with Crippen LogP contribution < -0.4 is 10.0 Å². The Bertz CT molecular complexity index is 1540. The zero-order valence-electron chi connectivity index (χ0n) is 20.9. The van der Waals surface area contributed by atoms with Crippen LogP contribution in [0.3, 0.4) is 0 Å². The summed E-state index contributed by atoms with van der Waals surface area (Å²) in [6.45, 7) is 1.47. The van der Waals surface area contributed by atoms with E-state index < -0.39 is 18.0 Å². The van der Waals surface area contributed by atoms with E-state index in [4.69, 9.17) is 11.6 Å². The lowest BCUT2D eigenvalue weighted by Gasteiger charge is -2.17.